The zero-order chi connectivity index (χ0) is 23.3. The molecule has 3 N–H and O–H groups in total. The molecule has 0 saturated carbocycles. The van der Waals surface area contributed by atoms with E-state index in [2.05, 4.69) is 10.4 Å². The number of phenolic OH excluding ortho intramolecular Hbond substituents is 1. The molecule has 0 aliphatic heterocycles. The van der Waals surface area contributed by atoms with E-state index in [1.165, 1.54) is 26.4 Å². The van der Waals surface area contributed by atoms with Crippen LogP contribution in [0.15, 0.2) is 59.4 Å². The predicted molar refractivity (Wildman–Crippen MR) is 113 cm³/mol. The van der Waals surface area contributed by atoms with Crippen molar-refractivity contribution in [3.63, 3.8) is 0 Å². The van der Waals surface area contributed by atoms with Gasteiger partial charge < -0.3 is 25.0 Å². The Labute approximate surface area is 182 Å². The Morgan fingerprint density at radius 1 is 1.09 bits per heavy atom. The third-order valence-corrected chi connectivity index (χ3v) is 4.61. The summed E-state index contributed by atoms with van der Waals surface area (Å²) in [7, 11) is 2.60. The lowest BCUT2D eigenvalue weighted by Gasteiger charge is -2.17. The van der Waals surface area contributed by atoms with Crippen LogP contribution in [0.3, 0.4) is 0 Å². The molecule has 1 atom stereocenters. The average molecular weight is 439 g/mol. The van der Waals surface area contributed by atoms with Gasteiger partial charge in [0.25, 0.3) is 11.5 Å². The largest absolute Gasteiger partial charge is 0.508 e. The summed E-state index contributed by atoms with van der Waals surface area (Å²) >= 11 is 0. The summed E-state index contributed by atoms with van der Waals surface area (Å²) < 4.78 is 10.9. The molecular weight excluding hydrogens is 418 g/mol. The minimum Gasteiger partial charge on any atom is -0.508 e. The number of carbonyl (C=O) groups excluding carboxylic acids is 2. The topological polar surface area (TPSA) is 140 Å². The monoisotopic (exact) mass is 439 g/mol. The van der Waals surface area contributed by atoms with Crippen molar-refractivity contribution in [2.24, 2.45) is 0 Å². The molecule has 1 aromatic heterocycles. The number of carbonyl (C=O) groups is 2. The van der Waals surface area contributed by atoms with Crippen molar-refractivity contribution in [2.45, 2.75) is 12.5 Å². The van der Waals surface area contributed by atoms with E-state index >= 15 is 0 Å². The van der Waals surface area contributed by atoms with Crippen LogP contribution >= 0.6 is 0 Å². The number of amides is 1. The van der Waals surface area contributed by atoms with Crippen LogP contribution in [0.5, 0.6) is 17.2 Å². The molecule has 10 heteroatoms. The Morgan fingerprint density at radius 3 is 2.44 bits per heavy atom. The molecule has 0 aliphatic rings. The highest BCUT2D eigenvalue weighted by atomic mass is 16.5. The van der Waals surface area contributed by atoms with Crippen molar-refractivity contribution in [3.8, 4) is 22.9 Å². The minimum atomic E-state index is -1.11. The first-order chi connectivity index (χ1) is 15.3. The van der Waals surface area contributed by atoms with E-state index in [9.17, 15) is 24.6 Å². The lowest BCUT2D eigenvalue weighted by molar-refractivity contribution is -0.142. The lowest BCUT2D eigenvalue weighted by atomic mass is 10.1. The van der Waals surface area contributed by atoms with E-state index < -0.39 is 34.9 Å². The molecule has 0 spiro atoms. The van der Waals surface area contributed by atoms with E-state index in [1.807, 2.05) is 0 Å². The smallest absolute Gasteiger partial charge is 0.328 e. The summed E-state index contributed by atoms with van der Waals surface area (Å²) in [6.45, 7) is 0. The van der Waals surface area contributed by atoms with E-state index in [0.29, 0.717) is 11.3 Å². The molecule has 3 rings (SSSR count). The quantitative estimate of drug-likeness (QED) is 0.466. The van der Waals surface area contributed by atoms with Crippen molar-refractivity contribution in [1.29, 1.82) is 0 Å². The van der Waals surface area contributed by atoms with Crippen molar-refractivity contribution >= 4 is 11.9 Å². The molecule has 0 fully saturated rings. The molecule has 1 heterocycles. The van der Waals surface area contributed by atoms with Gasteiger partial charge in [0, 0.05) is 12.5 Å². The van der Waals surface area contributed by atoms with Gasteiger partial charge in [0.05, 0.1) is 14.2 Å². The fourth-order valence-electron chi connectivity index (χ4n) is 3.02. The van der Waals surface area contributed by atoms with E-state index in [1.54, 1.807) is 36.4 Å². The van der Waals surface area contributed by atoms with E-state index in [0.717, 1.165) is 10.7 Å². The maximum absolute atomic E-state index is 12.9. The SMILES string of the molecule is COC(=O)C(Cc1ccc(O)cc1)NC(=O)c1nn(-c2ccccc2OC)c(=O)cc1O. The first-order valence-corrected chi connectivity index (χ1v) is 9.47. The molecule has 0 radical (unpaired) electrons. The molecule has 1 amide bonds. The molecule has 166 valence electrons. The number of para-hydroxylation sites is 2. The maximum atomic E-state index is 12.9. The highest BCUT2D eigenvalue weighted by Crippen LogP contribution is 2.21. The Morgan fingerprint density at radius 2 is 1.78 bits per heavy atom. The number of rotatable bonds is 7. The summed E-state index contributed by atoms with van der Waals surface area (Å²) in [5, 5.41) is 26.0. The lowest BCUT2D eigenvalue weighted by Crippen LogP contribution is -2.43. The number of esters is 1. The van der Waals surface area contributed by atoms with Gasteiger partial charge in [-0.2, -0.15) is 9.78 Å². The predicted octanol–water partition coefficient (Wildman–Crippen LogP) is 1.17. The van der Waals surface area contributed by atoms with Crippen molar-refractivity contribution in [1.82, 2.24) is 15.1 Å². The second-order valence-electron chi connectivity index (χ2n) is 6.72. The summed E-state index contributed by atoms with van der Waals surface area (Å²) in [5.41, 5.74) is -0.232. The van der Waals surface area contributed by atoms with Crippen LogP contribution in [-0.4, -0.2) is 52.1 Å². The molecule has 1 unspecified atom stereocenters. The van der Waals surface area contributed by atoms with Crippen LogP contribution in [0.25, 0.3) is 5.69 Å². The first-order valence-electron chi connectivity index (χ1n) is 9.47. The highest BCUT2D eigenvalue weighted by molar-refractivity contribution is 5.97. The number of phenols is 1. The second kappa shape index (κ2) is 9.65. The molecule has 3 aromatic rings. The van der Waals surface area contributed by atoms with Gasteiger partial charge in [0.1, 0.15) is 23.2 Å². The van der Waals surface area contributed by atoms with Gasteiger partial charge in [-0.05, 0) is 29.8 Å². The van der Waals surface area contributed by atoms with Gasteiger partial charge in [-0.25, -0.2) is 4.79 Å². The highest BCUT2D eigenvalue weighted by Gasteiger charge is 2.26. The molecular formula is C22H21N3O7. The average Bonchev–Trinajstić information content (AvgIpc) is 2.79. The van der Waals surface area contributed by atoms with Gasteiger partial charge in [-0.15, -0.1) is 0 Å². The van der Waals surface area contributed by atoms with Crippen LogP contribution < -0.4 is 15.6 Å². The number of benzene rings is 2. The molecule has 0 bridgehead atoms. The van der Waals surface area contributed by atoms with Crippen LogP contribution in [-0.2, 0) is 16.0 Å². The summed E-state index contributed by atoms with van der Waals surface area (Å²) in [6.07, 6.45) is 0.0611. The molecule has 2 aromatic carbocycles. The summed E-state index contributed by atoms with van der Waals surface area (Å²) in [5.74, 6) is -1.87. The minimum absolute atomic E-state index is 0.0557. The van der Waals surface area contributed by atoms with Gasteiger partial charge in [0.2, 0.25) is 0 Å². The normalized spacial score (nSPS) is 11.4. The number of aromatic hydroxyl groups is 2. The summed E-state index contributed by atoms with van der Waals surface area (Å²) in [6, 6.07) is 12.4. The number of nitrogens with one attached hydrogen (secondary N) is 1. The van der Waals surface area contributed by atoms with Crippen LogP contribution in [0.4, 0.5) is 0 Å². The van der Waals surface area contributed by atoms with Gasteiger partial charge >= 0.3 is 5.97 Å². The number of hydrogen-bond donors (Lipinski definition) is 3. The van der Waals surface area contributed by atoms with Gasteiger partial charge in [0.15, 0.2) is 11.4 Å². The third-order valence-electron chi connectivity index (χ3n) is 4.61. The van der Waals surface area contributed by atoms with E-state index in [4.69, 9.17) is 9.47 Å². The zero-order valence-electron chi connectivity index (χ0n) is 17.3. The summed E-state index contributed by atoms with van der Waals surface area (Å²) in [4.78, 5) is 37.5. The van der Waals surface area contributed by atoms with Crippen molar-refractivity contribution in [2.75, 3.05) is 14.2 Å². The van der Waals surface area contributed by atoms with E-state index in [-0.39, 0.29) is 17.9 Å². The molecule has 10 nitrogen and oxygen atoms in total. The molecule has 0 aliphatic carbocycles. The zero-order valence-corrected chi connectivity index (χ0v) is 17.3. The Bertz CT molecular complexity index is 1190. The van der Waals surface area contributed by atoms with Gasteiger partial charge in [-0.1, -0.05) is 24.3 Å². The number of nitrogens with zero attached hydrogens (tertiary/aromatic N) is 2. The molecule has 0 saturated heterocycles. The maximum Gasteiger partial charge on any atom is 0.328 e. The third kappa shape index (κ3) is 4.86. The van der Waals surface area contributed by atoms with Crippen molar-refractivity contribution < 1.29 is 29.3 Å². The Hall–Kier alpha value is -4.34. The fraction of sp³-hybridized carbons (Fsp3) is 0.182. The number of ether oxygens (including phenoxy) is 2. The Kier molecular flexibility index (Phi) is 6.74. The Balaban J connectivity index is 1.93. The molecule has 32 heavy (non-hydrogen) atoms. The second-order valence-corrected chi connectivity index (χ2v) is 6.72. The van der Waals surface area contributed by atoms with Crippen LogP contribution in [0.2, 0.25) is 0 Å². The fourth-order valence-corrected chi connectivity index (χ4v) is 3.02. The van der Waals surface area contributed by atoms with Crippen LogP contribution in [0.1, 0.15) is 16.1 Å². The number of aromatic nitrogens is 2. The standard InChI is InChI=1S/C22H21N3O7/c1-31-18-6-4-3-5-16(18)25-19(28)12-17(27)20(24-25)21(29)23-15(22(30)32-2)11-13-7-9-14(26)10-8-13/h3-10,12,15,26-27H,11H2,1-2H3,(H,23,29). The number of hydrogen-bond acceptors (Lipinski definition) is 8. The van der Waals surface area contributed by atoms with Crippen molar-refractivity contribution in [3.05, 3.63) is 76.2 Å². The first kappa shape index (κ1) is 22.3. The van der Waals surface area contributed by atoms with Crippen LogP contribution in [0, 0.1) is 0 Å². The van der Waals surface area contributed by atoms with Gasteiger partial charge in [-0.3, -0.25) is 9.59 Å². The number of methoxy groups -OCH3 is 2.